The van der Waals surface area contributed by atoms with E-state index in [0.29, 0.717) is 0 Å². The molecule has 17 heavy (non-hydrogen) atoms. The first-order chi connectivity index (χ1) is 7.74. The van der Waals surface area contributed by atoms with Gasteiger partial charge in [-0.3, -0.25) is 0 Å². The highest BCUT2D eigenvalue weighted by Gasteiger charge is 2.46. The fourth-order valence-electron chi connectivity index (χ4n) is 3.95. The van der Waals surface area contributed by atoms with E-state index in [1.54, 1.807) is 32.6 Å². The van der Waals surface area contributed by atoms with Gasteiger partial charge < -0.3 is 0 Å². The third-order valence-electron chi connectivity index (χ3n) is 4.47. The topological polar surface area (TPSA) is 0 Å². The van der Waals surface area contributed by atoms with Crippen LogP contribution in [0.5, 0.6) is 0 Å². The van der Waals surface area contributed by atoms with E-state index in [4.69, 9.17) is 0 Å². The van der Waals surface area contributed by atoms with Crippen LogP contribution < -0.4 is 5.19 Å². The van der Waals surface area contributed by atoms with Crippen molar-refractivity contribution in [2.45, 2.75) is 52.6 Å². The van der Waals surface area contributed by atoms with Crippen molar-refractivity contribution in [2.75, 3.05) is 0 Å². The third-order valence-corrected chi connectivity index (χ3v) is 8.16. The van der Waals surface area contributed by atoms with Crippen LogP contribution in [0.2, 0.25) is 13.1 Å². The summed E-state index contributed by atoms with van der Waals surface area (Å²) in [5.41, 5.74) is 6.84. The highest BCUT2D eigenvalue weighted by atomic mass is 28.3. The van der Waals surface area contributed by atoms with Gasteiger partial charge in [-0.15, -0.1) is 0 Å². The van der Waals surface area contributed by atoms with Gasteiger partial charge in [-0.2, -0.15) is 0 Å². The molecule has 1 aromatic carbocycles. The molecule has 0 atom stereocenters. The number of rotatable bonds is 0. The molecule has 1 heterocycles. The summed E-state index contributed by atoms with van der Waals surface area (Å²) in [5, 5.41) is 3.45. The summed E-state index contributed by atoms with van der Waals surface area (Å²) in [6, 6.07) is 4.82. The van der Waals surface area contributed by atoms with Gasteiger partial charge in [0.2, 0.25) is 0 Å². The number of hydrogen-bond donors (Lipinski definition) is 0. The zero-order chi connectivity index (χ0) is 12.6. The van der Waals surface area contributed by atoms with Gasteiger partial charge in [0.15, 0.2) is 0 Å². The van der Waals surface area contributed by atoms with Crippen LogP contribution in [0.15, 0.2) is 17.7 Å². The Kier molecular flexibility index (Phi) is 1.95. The molecule has 2 bridgehead atoms. The zero-order valence-electron chi connectivity index (χ0n) is 11.9. The molecule has 0 unspecified atom stereocenters. The second-order valence-corrected chi connectivity index (χ2v) is 11.5. The second-order valence-electron chi connectivity index (χ2n) is 7.23. The normalized spacial score (nSPS) is 20.4. The van der Waals surface area contributed by atoms with E-state index in [1.165, 1.54) is 6.42 Å². The van der Waals surface area contributed by atoms with Crippen LogP contribution in [0, 0.1) is 0 Å². The Morgan fingerprint density at radius 1 is 1.12 bits per heavy atom. The predicted molar refractivity (Wildman–Crippen MR) is 78.6 cm³/mol. The van der Waals surface area contributed by atoms with E-state index in [9.17, 15) is 0 Å². The van der Waals surface area contributed by atoms with Gasteiger partial charge in [-0.1, -0.05) is 56.8 Å². The van der Waals surface area contributed by atoms with Crippen molar-refractivity contribution in [3.63, 3.8) is 0 Å². The van der Waals surface area contributed by atoms with E-state index in [1.807, 2.05) is 0 Å². The van der Waals surface area contributed by atoms with E-state index in [-0.39, 0.29) is 5.41 Å². The fraction of sp³-hybridized carbons (Fsp3) is 0.500. The van der Waals surface area contributed by atoms with Crippen LogP contribution in [0.4, 0.5) is 0 Å². The summed E-state index contributed by atoms with van der Waals surface area (Å²) < 4.78 is 0. The predicted octanol–water partition coefficient (Wildman–Crippen LogP) is 3.78. The number of allylic oxidation sites excluding steroid dienone is 1. The lowest BCUT2D eigenvalue weighted by atomic mass is 9.83. The summed E-state index contributed by atoms with van der Waals surface area (Å²) in [6.45, 7) is 14.5. The van der Waals surface area contributed by atoms with Crippen LogP contribution >= 0.6 is 0 Å². The maximum absolute atomic E-state index is 2.53. The average molecular weight is 242 g/mol. The first-order valence-corrected chi connectivity index (χ1v) is 9.62. The van der Waals surface area contributed by atoms with Gasteiger partial charge in [0.1, 0.15) is 8.07 Å². The summed E-state index contributed by atoms with van der Waals surface area (Å²) in [6.07, 6.45) is 1.20. The molecule has 0 saturated carbocycles. The van der Waals surface area contributed by atoms with E-state index >= 15 is 0 Å². The minimum Gasteiger partial charge on any atom is -0.0686 e. The Morgan fingerprint density at radius 3 is 2.35 bits per heavy atom. The number of benzene rings is 1. The standard InChI is InChI=1S/C16H22Si/c1-10-9-11-7-8-12-14(16(2,3)4)13(11)15(10)17(12,5)6/h7-8H,9H2,1-6H3. The lowest BCUT2D eigenvalue weighted by Crippen LogP contribution is -2.41. The molecule has 90 valence electrons. The molecule has 2 aliphatic rings. The average Bonchev–Trinajstić information content (AvgIpc) is 2.57. The SMILES string of the molecule is CC1=C2c3c(ccc(c3C(C)(C)C)[Si]2(C)C)C1. The molecule has 0 spiro atoms. The van der Waals surface area contributed by atoms with E-state index < -0.39 is 8.07 Å². The quantitative estimate of drug-likeness (QED) is 0.607. The molecule has 3 rings (SSSR count). The molecule has 1 aliphatic heterocycles. The van der Waals surface area contributed by atoms with E-state index in [2.05, 4.69) is 52.9 Å². The van der Waals surface area contributed by atoms with Gasteiger partial charge in [0.05, 0.1) is 0 Å². The Labute approximate surface area is 106 Å². The maximum atomic E-state index is 2.53. The highest BCUT2D eigenvalue weighted by molar-refractivity contribution is 7.06. The van der Waals surface area contributed by atoms with Crippen LogP contribution in [0.3, 0.4) is 0 Å². The zero-order valence-corrected chi connectivity index (χ0v) is 12.9. The molecule has 0 aromatic heterocycles. The molecule has 0 nitrogen and oxygen atoms in total. The van der Waals surface area contributed by atoms with Crippen LogP contribution in [-0.2, 0) is 11.8 Å². The largest absolute Gasteiger partial charge is 0.113 e. The summed E-state index contributed by atoms with van der Waals surface area (Å²) >= 11 is 0. The Bertz CT molecular complexity index is 554. The first kappa shape index (κ1) is 11.3. The van der Waals surface area contributed by atoms with Crippen molar-refractivity contribution in [2.24, 2.45) is 0 Å². The van der Waals surface area contributed by atoms with Gasteiger partial charge >= 0.3 is 0 Å². The van der Waals surface area contributed by atoms with Gasteiger partial charge in [-0.05, 0) is 40.6 Å². The monoisotopic (exact) mass is 242 g/mol. The molecule has 0 saturated heterocycles. The van der Waals surface area contributed by atoms with Crippen molar-refractivity contribution >= 4 is 18.5 Å². The van der Waals surface area contributed by atoms with Crippen molar-refractivity contribution in [3.05, 3.63) is 34.4 Å². The smallest absolute Gasteiger partial charge is 0.0686 e. The molecule has 0 N–H and O–H groups in total. The number of fused-ring (bicyclic) bond motifs is 1. The van der Waals surface area contributed by atoms with Crippen molar-refractivity contribution in [1.82, 2.24) is 0 Å². The second kappa shape index (κ2) is 2.95. The molecule has 1 aliphatic carbocycles. The molecule has 0 fully saturated rings. The third kappa shape index (κ3) is 1.24. The summed E-state index contributed by atoms with van der Waals surface area (Å²) in [4.78, 5) is 0. The van der Waals surface area contributed by atoms with Crippen molar-refractivity contribution in [1.29, 1.82) is 0 Å². The van der Waals surface area contributed by atoms with Gasteiger partial charge in [0, 0.05) is 0 Å². The molecular weight excluding hydrogens is 220 g/mol. The number of hydrogen-bond acceptors (Lipinski definition) is 0. The van der Waals surface area contributed by atoms with Gasteiger partial charge in [-0.25, -0.2) is 0 Å². The molecular formula is C16H22Si. The molecule has 1 aromatic rings. The molecule has 1 heteroatoms. The van der Waals surface area contributed by atoms with Crippen molar-refractivity contribution < 1.29 is 0 Å². The minimum atomic E-state index is -1.38. The Hall–Kier alpha value is -0.823. The van der Waals surface area contributed by atoms with Gasteiger partial charge in [0.25, 0.3) is 0 Å². The molecule has 0 radical (unpaired) electrons. The lowest BCUT2D eigenvalue weighted by molar-refractivity contribution is 0.593. The Balaban J connectivity index is 2.44. The fourth-order valence-corrected chi connectivity index (χ4v) is 7.91. The Morgan fingerprint density at radius 2 is 1.76 bits per heavy atom. The van der Waals surface area contributed by atoms with Crippen LogP contribution in [0.1, 0.15) is 44.4 Å². The minimum absolute atomic E-state index is 0.289. The van der Waals surface area contributed by atoms with Crippen LogP contribution in [-0.4, -0.2) is 8.07 Å². The summed E-state index contributed by atoms with van der Waals surface area (Å²) in [7, 11) is -1.38. The maximum Gasteiger partial charge on any atom is 0.113 e. The first-order valence-electron chi connectivity index (χ1n) is 6.62. The molecule has 0 amide bonds. The van der Waals surface area contributed by atoms with Crippen molar-refractivity contribution in [3.8, 4) is 0 Å². The summed E-state index contributed by atoms with van der Waals surface area (Å²) in [5.74, 6) is 0. The van der Waals surface area contributed by atoms with E-state index in [0.717, 1.165) is 0 Å². The highest BCUT2D eigenvalue weighted by Crippen LogP contribution is 2.48. The lowest BCUT2D eigenvalue weighted by Gasteiger charge is -2.25. The van der Waals surface area contributed by atoms with Crippen LogP contribution in [0.25, 0.3) is 5.20 Å².